The van der Waals surface area contributed by atoms with Crippen LogP contribution >= 0.6 is 0 Å². The van der Waals surface area contributed by atoms with Crippen molar-refractivity contribution >= 4 is 17.4 Å². The van der Waals surface area contributed by atoms with Gasteiger partial charge in [-0.15, -0.1) is 0 Å². The van der Waals surface area contributed by atoms with Crippen molar-refractivity contribution in [3.8, 4) is 0 Å². The van der Waals surface area contributed by atoms with Crippen LogP contribution < -0.4 is 10.6 Å². The topological polar surface area (TPSA) is 81.1 Å². The standard InChI is InChI=1S/C17H20F3N5O2/c1-10-13(3-4-15(22-10)17(18,19)20)23-16(26)24-14-9-21-25(11(14)2)12-5-7-27-8-6-12/h3-4,9,12H,5-8H2,1-2H3,(H2,23,24,26). The van der Waals surface area contributed by atoms with E-state index in [2.05, 4.69) is 20.7 Å². The van der Waals surface area contributed by atoms with Gasteiger partial charge in [-0.2, -0.15) is 18.3 Å². The average Bonchev–Trinajstić information content (AvgIpc) is 2.97. The SMILES string of the molecule is Cc1nc(C(F)(F)F)ccc1NC(=O)Nc1cnn(C2CCOCC2)c1C. The van der Waals surface area contributed by atoms with Gasteiger partial charge in [0, 0.05) is 13.2 Å². The number of ether oxygens (including phenoxy) is 1. The summed E-state index contributed by atoms with van der Waals surface area (Å²) >= 11 is 0. The maximum absolute atomic E-state index is 12.7. The fraction of sp³-hybridized carbons (Fsp3) is 0.471. The van der Waals surface area contributed by atoms with E-state index in [1.54, 1.807) is 6.20 Å². The van der Waals surface area contributed by atoms with E-state index in [-0.39, 0.29) is 17.4 Å². The molecule has 0 aliphatic carbocycles. The Kier molecular flexibility index (Phi) is 5.36. The third kappa shape index (κ3) is 4.38. The van der Waals surface area contributed by atoms with Crippen LogP contribution in [0.3, 0.4) is 0 Å². The van der Waals surface area contributed by atoms with Crippen LogP contribution in [0.5, 0.6) is 0 Å². The highest BCUT2D eigenvalue weighted by atomic mass is 19.4. The number of nitrogens with zero attached hydrogens (tertiary/aromatic N) is 3. The molecule has 2 aromatic heterocycles. The first-order valence-electron chi connectivity index (χ1n) is 8.50. The highest BCUT2D eigenvalue weighted by Gasteiger charge is 2.32. The second kappa shape index (κ2) is 7.55. The van der Waals surface area contributed by atoms with Crippen molar-refractivity contribution in [3.05, 3.63) is 35.4 Å². The normalized spacial score (nSPS) is 15.6. The van der Waals surface area contributed by atoms with Gasteiger partial charge in [0.15, 0.2) is 0 Å². The largest absolute Gasteiger partial charge is 0.433 e. The minimum Gasteiger partial charge on any atom is -0.381 e. The van der Waals surface area contributed by atoms with Crippen molar-refractivity contribution in [1.29, 1.82) is 0 Å². The van der Waals surface area contributed by atoms with E-state index in [4.69, 9.17) is 4.74 Å². The zero-order chi connectivity index (χ0) is 19.6. The number of carbonyl (C=O) groups is 1. The first-order valence-corrected chi connectivity index (χ1v) is 8.50. The molecule has 2 aromatic rings. The van der Waals surface area contributed by atoms with E-state index >= 15 is 0 Å². The van der Waals surface area contributed by atoms with Gasteiger partial charge < -0.3 is 15.4 Å². The summed E-state index contributed by atoms with van der Waals surface area (Å²) < 4.78 is 45.2. The molecule has 1 aliphatic rings. The van der Waals surface area contributed by atoms with Crippen LogP contribution in [0.2, 0.25) is 0 Å². The van der Waals surface area contributed by atoms with Gasteiger partial charge in [0.1, 0.15) is 5.69 Å². The fourth-order valence-electron chi connectivity index (χ4n) is 2.97. The molecule has 146 valence electrons. The summed E-state index contributed by atoms with van der Waals surface area (Å²) in [4.78, 5) is 15.7. The number of amides is 2. The highest BCUT2D eigenvalue weighted by Crippen LogP contribution is 2.29. The number of rotatable bonds is 3. The molecular formula is C17H20F3N5O2. The molecule has 0 spiro atoms. The molecule has 27 heavy (non-hydrogen) atoms. The van der Waals surface area contributed by atoms with Gasteiger partial charge in [0.05, 0.1) is 35.0 Å². The molecule has 0 saturated carbocycles. The minimum absolute atomic E-state index is 0.0783. The summed E-state index contributed by atoms with van der Waals surface area (Å²) in [6, 6.07) is 1.66. The summed E-state index contributed by atoms with van der Waals surface area (Å²) in [6.07, 6.45) is -1.27. The minimum atomic E-state index is -4.53. The molecule has 10 heteroatoms. The number of aryl methyl sites for hydroxylation is 1. The molecule has 1 fully saturated rings. The van der Waals surface area contributed by atoms with Crippen molar-refractivity contribution in [1.82, 2.24) is 14.8 Å². The maximum Gasteiger partial charge on any atom is 0.433 e. The predicted molar refractivity (Wildman–Crippen MR) is 92.7 cm³/mol. The monoisotopic (exact) mass is 383 g/mol. The molecular weight excluding hydrogens is 363 g/mol. The third-order valence-electron chi connectivity index (χ3n) is 4.45. The number of nitrogens with one attached hydrogen (secondary N) is 2. The molecule has 3 heterocycles. The summed E-state index contributed by atoms with van der Waals surface area (Å²) in [6.45, 7) is 4.60. The van der Waals surface area contributed by atoms with Crippen LogP contribution in [-0.2, 0) is 10.9 Å². The van der Waals surface area contributed by atoms with Gasteiger partial charge in [-0.05, 0) is 38.8 Å². The number of alkyl halides is 3. The number of hydrogen-bond donors (Lipinski definition) is 2. The summed E-state index contributed by atoms with van der Waals surface area (Å²) in [5, 5.41) is 9.53. The Hall–Kier alpha value is -2.62. The van der Waals surface area contributed by atoms with E-state index in [9.17, 15) is 18.0 Å². The Morgan fingerprint density at radius 3 is 2.48 bits per heavy atom. The lowest BCUT2D eigenvalue weighted by molar-refractivity contribution is -0.141. The Morgan fingerprint density at radius 2 is 1.85 bits per heavy atom. The quantitative estimate of drug-likeness (QED) is 0.842. The third-order valence-corrected chi connectivity index (χ3v) is 4.45. The summed E-state index contributed by atoms with van der Waals surface area (Å²) in [7, 11) is 0. The van der Waals surface area contributed by atoms with Crippen LogP contribution in [0.1, 0.15) is 36.0 Å². The van der Waals surface area contributed by atoms with Crippen LogP contribution in [0.25, 0.3) is 0 Å². The predicted octanol–water partition coefficient (Wildman–Crippen LogP) is 3.91. The number of pyridine rings is 1. The zero-order valence-electron chi connectivity index (χ0n) is 14.9. The molecule has 0 aromatic carbocycles. The average molecular weight is 383 g/mol. The Morgan fingerprint density at radius 1 is 1.19 bits per heavy atom. The van der Waals surface area contributed by atoms with Crippen LogP contribution in [-0.4, -0.2) is 34.0 Å². The van der Waals surface area contributed by atoms with Crippen molar-refractivity contribution < 1.29 is 22.7 Å². The molecule has 2 N–H and O–H groups in total. The fourth-order valence-corrected chi connectivity index (χ4v) is 2.97. The lowest BCUT2D eigenvalue weighted by atomic mass is 10.1. The van der Waals surface area contributed by atoms with Gasteiger partial charge in [-0.1, -0.05) is 0 Å². The van der Waals surface area contributed by atoms with Gasteiger partial charge in [0.2, 0.25) is 0 Å². The second-order valence-corrected chi connectivity index (χ2v) is 6.34. The molecule has 0 bridgehead atoms. The van der Waals surface area contributed by atoms with Crippen LogP contribution in [0.15, 0.2) is 18.3 Å². The Labute approximate surface area is 153 Å². The smallest absolute Gasteiger partial charge is 0.381 e. The number of halogens is 3. The summed E-state index contributed by atoms with van der Waals surface area (Å²) in [5.41, 5.74) is 0.625. The molecule has 1 saturated heterocycles. The van der Waals surface area contributed by atoms with Gasteiger partial charge in [-0.3, -0.25) is 4.68 Å². The lowest BCUT2D eigenvalue weighted by Gasteiger charge is -2.23. The number of urea groups is 1. The second-order valence-electron chi connectivity index (χ2n) is 6.34. The zero-order valence-corrected chi connectivity index (χ0v) is 14.9. The molecule has 0 unspecified atom stereocenters. The van der Waals surface area contributed by atoms with Crippen molar-refractivity contribution in [3.63, 3.8) is 0 Å². The van der Waals surface area contributed by atoms with Gasteiger partial charge in [-0.25, -0.2) is 9.78 Å². The first kappa shape index (κ1) is 19.2. The molecule has 0 atom stereocenters. The van der Waals surface area contributed by atoms with Crippen molar-refractivity contribution in [2.45, 2.75) is 38.9 Å². The van der Waals surface area contributed by atoms with E-state index < -0.39 is 17.9 Å². The van der Waals surface area contributed by atoms with Crippen LogP contribution in [0.4, 0.5) is 29.3 Å². The number of aromatic nitrogens is 3. The molecule has 7 nitrogen and oxygen atoms in total. The maximum atomic E-state index is 12.7. The van der Waals surface area contributed by atoms with E-state index in [0.717, 1.165) is 24.6 Å². The molecule has 2 amide bonds. The van der Waals surface area contributed by atoms with Crippen molar-refractivity contribution in [2.75, 3.05) is 23.8 Å². The van der Waals surface area contributed by atoms with E-state index in [1.165, 1.54) is 13.0 Å². The molecule has 0 radical (unpaired) electrons. The van der Waals surface area contributed by atoms with Crippen LogP contribution in [0, 0.1) is 13.8 Å². The van der Waals surface area contributed by atoms with E-state index in [1.807, 2.05) is 11.6 Å². The van der Waals surface area contributed by atoms with Crippen molar-refractivity contribution in [2.24, 2.45) is 0 Å². The lowest BCUT2D eigenvalue weighted by Crippen LogP contribution is -2.23. The molecule has 1 aliphatic heterocycles. The summed E-state index contributed by atoms with van der Waals surface area (Å²) in [5.74, 6) is 0. The van der Waals surface area contributed by atoms with E-state index in [0.29, 0.717) is 18.9 Å². The number of hydrogen-bond acceptors (Lipinski definition) is 4. The Bertz CT molecular complexity index is 828. The number of carbonyl (C=O) groups excluding carboxylic acids is 1. The van der Waals surface area contributed by atoms with Gasteiger partial charge >= 0.3 is 12.2 Å². The molecule has 3 rings (SSSR count). The first-order chi connectivity index (χ1) is 12.8. The highest BCUT2D eigenvalue weighted by molar-refractivity contribution is 6.00. The number of anilines is 2. The van der Waals surface area contributed by atoms with Gasteiger partial charge in [0.25, 0.3) is 0 Å². The Balaban J connectivity index is 1.67.